The summed E-state index contributed by atoms with van der Waals surface area (Å²) < 4.78 is 20.4. The van der Waals surface area contributed by atoms with Gasteiger partial charge in [0.25, 0.3) is 0 Å². The zero-order valence-corrected chi connectivity index (χ0v) is 14.6. The molecule has 0 radical (unpaired) electrons. The molecule has 0 saturated heterocycles. The lowest BCUT2D eigenvalue weighted by Crippen LogP contribution is -2.24. The van der Waals surface area contributed by atoms with E-state index in [-0.39, 0.29) is 11.7 Å². The molecule has 1 aromatic carbocycles. The molecule has 128 valence electrons. The van der Waals surface area contributed by atoms with Gasteiger partial charge in [-0.15, -0.1) is 0 Å². The van der Waals surface area contributed by atoms with E-state index < -0.39 is 5.82 Å². The van der Waals surface area contributed by atoms with Gasteiger partial charge in [0.2, 0.25) is 5.91 Å². The lowest BCUT2D eigenvalue weighted by molar-refractivity contribution is -0.125. The van der Waals surface area contributed by atoms with Crippen molar-refractivity contribution in [1.82, 2.24) is 14.7 Å². The van der Waals surface area contributed by atoms with Crippen molar-refractivity contribution >= 4 is 12.0 Å². The van der Waals surface area contributed by atoms with E-state index in [1.165, 1.54) is 24.2 Å². The number of amides is 1. The monoisotopic (exact) mass is 331 g/mol. The van der Waals surface area contributed by atoms with Gasteiger partial charge in [-0.2, -0.15) is 5.10 Å². The van der Waals surface area contributed by atoms with Gasteiger partial charge in [-0.05, 0) is 37.6 Å². The minimum atomic E-state index is -0.437. The molecule has 24 heavy (non-hydrogen) atoms. The number of carbonyl (C=O) groups is 1. The Hall–Kier alpha value is -2.63. The van der Waals surface area contributed by atoms with E-state index in [1.54, 1.807) is 29.9 Å². The van der Waals surface area contributed by atoms with E-state index in [0.29, 0.717) is 12.1 Å². The second-order valence-corrected chi connectivity index (χ2v) is 5.70. The maximum absolute atomic E-state index is 13.7. The molecule has 0 atom stereocenters. The second kappa shape index (κ2) is 7.29. The van der Waals surface area contributed by atoms with Gasteiger partial charge in [0.1, 0.15) is 0 Å². The first-order valence-corrected chi connectivity index (χ1v) is 7.59. The smallest absolute Gasteiger partial charge is 0.246 e. The summed E-state index contributed by atoms with van der Waals surface area (Å²) in [7, 11) is 4.96. The van der Waals surface area contributed by atoms with Crippen molar-refractivity contribution in [1.29, 1.82) is 0 Å². The Morgan fingerprint density at radius 1 is 1.42 bits per heavy atom. The van der Waals surface area contributed by atoms with E-state index >= 15 is 0 Å². The average Bonchev–Trinajstić information content (AvgIpc) is 2.78. The van der Waals surface area contributed by atoms with Gasteiger partial charge < -0.3 is 9.64 Å². The number of carbonyl (C=O) groups excluding carboxylic acids is 1. The molecule has 0 N–H and O–H groups in total. The highest BCUT2D eigenvalue weighted by Crippen LogP contribution is 2.19. The van der Waals surface area contributed by atoms with Crippen molar-refractivity contribution < 1.29 is 13.9 Å². The summed E-state index contributed by atoms with van der Waals surface area (Å²) >= 11 is 0. The third-order valence-corrected chi connectivity index (χ3v) is 3.97. The molecule has 1 aromatic heterocycles. The molecule has 0 fully saturated rings. The summed E-state index contributed by atoms with van der Waals surface area (Å²) in [5.41, 5.74) is 3.51. The highest BCUT2D eigenvalue weighted by atomic mass is 19.1. The van der Waals surface area contributed by atoms with Gasteiger partial charge in [-0.3, -0.25) is 9.48 Å². The molecule has 0 saturated carbocycles. The number of aryl methyl sites for hydroxylation is 2. The molecule has 2 rings (SSSR count). The van der Waals surface area contributed by atoms with E-state index in [2.05, 4.69) is 5.10 Å². The lowest BCUT2D eigenvalue weighted by atomic mass is 10.1. The van der Waals surface area contributed by atoms with E-state index in [0.717, 1.165) is 17.0 Å². The van der Waals surface area contributed by atoms with Crippen LogP contribution in [0, 0.1) is 19.7 Å². The minimum absolute atomic E-state index is 0.158. The van der Waals surface area contributed by atoms with Crippen molar-refractivity contribution in [2.75, 3.05) is 14.2 Å². The lowest BCUT2D eigenvalue weighted by Gasteiger charge is -2.15. The highest BCUT2D eigenvalue weighted by Gasteiger charge is 2.10. The van der Waals surface area contributed by atoms with Gasteiger partial charge >= 0.3 is 0 Å². The topological polar surface area (TPSA) is 47.4 Å². The summed E-state index contributed by atoms with van der Waals surface area (Å²) in [6.07, 6.45) is 3.28. The third kappa shape index (κ3) is 3.82. The molecule has 0 bridgehead atoms. The van der Waals surface area contributed by atoms with E-state index in [9.17, 15) is 9.18 Å². The molecule has 0 unspecified atom stereocenters. The highest BCUT2D eigenvalue weighted by molar-refractivity contribution is 5.91. The van der Waals surface area contributed by atoms with Gasteiger partial charge in [-0.1, -0.05) is 6.07 Å². The second-order valence-electron chi connectivity index (χ2n) is 5.70. The molecule has 6 heteroatoms. The summed E-state index contributed by atoms with van der Waals surface area (Å²) in [4.78, 5) is 13.8. The number of methoxy groups -OCH3 is 1. The van der Waals surface area contributed by atoms with Crippen LogP contribution in [0.1, 0.15) is 22.5 Å². The average molecular weight is 331 g/mol. The Morgan fingerprint density at radius 3 is 2.67 bits per heavy atom. The largest absolute Gasteiger partial charge is 0.494 e. The number of ether oxygens (including phenoxy) is 1. The number of halogens is 1. The fraction of sp³-hybridized carbons (Fsp3) is 0.333. The molecule has 1 heterocycles. The summed E-state index contributed by atoms with van der Waals surface area (Å²) in [6.45, 7) is 4.17. The van der Waals surface area contributed by atoms with Crippen molar-refractivity contribution in [3.8, 4) is 5.75 Å². The Bertz CT molecular complexity index is 781. The van der Waals surface area contributed by atoms with Crippen LogP contribution >= 0.6 is 0 Å². The van der Waals surface area contributed by atoms with Crippen molar-refractivity contribution in [2.45, 2.75) is 20.4 Å². The molecule has 0 aliphatic heterocycles. The first-order chi connectivity index (χ1) is 11.3. The minimum Gasteiger partial charge on any atom is -0.494 e. The Kier molecular flexibility index (Phi) is 5.39. The number of nitrogens with zero attached hydrogens (tertiary/aromatic N) is 3. The fourth-order valence-electron chi connectivity index (χ4n) is 2.47. The number of rotatable bonds is 5. The fourth-order valence-corrected chi connectivity index (χ4v) is 2.47. The van der Waals surface area contributed by atoms with Gasteiger partial charge in [0, 0.05) is 38.0 Å². The maximum atomic E-state index is 13.7. The van der Waals surface area contributed by atoms with Crippen LogP contribution in [-0.2, 0) is 18.4 Å². The molecular weight excluding hydrogens is 309 g/mol. The standard InChI is InChI=1S/C18H22FN3O2/c1-12-15(13(2)22(4)20-12)7-9-18(23)21(3)11-14-6-8-17(24-5)16(19)10-14/h6-10H,11H2,1-5H3. The van der Waals surface area contributed by atoms with Crippen LogP contribution in [0.4, 0.5) is 4.39 Å². The first-order valence-electron chi connectivity index (χ1n) is 7.59. The van der Waals surface area contributed by atoms with Crippen molar-refractivity contribution in [3.63, 3.8) is 0 Å². The van der Waals surface area contributed by atoms with Crippen LogP contribution in [0.3, 0.4) is 0 Å². The molecule has 2 aromatic rings. The Balaban J connectivity index is 2.07. The van der Waals surface area contributed by atoms with Gasteiger partial charge in [0.15, 0.2) is 11.6 Å². The Labute approximate surface area is 141 Å². The molecular formula is C18H22FN3O2. The predicted molar refractivity (Wildman–Crippen MR) is 91.1 cm³/mol. The maximum Gasteiger partial charge on any atom is 0.246 e. The van der Waals surface area contributed by atoms with Crippen molar-refractivity contribution in [3.05, 3.63) is 52.6 Å². The van der Waals surface area contributed by atoms with Crippen LogP contribution in [0.15, 0.2) is 24.3 Å². The normalized spacial score (nSPS) is 11.1. The van der Waals surface area contributed by atoms with Crippen LogP contribution in [0.2, 0.25) is 0 Å². The Morgan fingerprint density at radius 2 is 2.12 bits per heavy atom. The first kappa shape index (κ1) is 17.7. The van der Waals surface area contributed by atoms with Gasteiger partial charge in [0.05, 0.1) is 12.8 Å². The SMILES string of the molecule is COc1ccc(CN(C)C(=O)C=Cc2c(C)nn(C)c2C)cc1F. The van der Waals surface area contributed by atoms with Crippen LogP contribution < -0.4 is 4.74 Å². The molecule has 0 aliphatic carbocycles. The van der Waals surface area contributed by atoms with Crippen LogP contribution in [0.5, 0.6) is 5.75 Å². The summed E-state index contributed by atoms with van der Waals surface area (Å²) in [5, 5.41) is 4.31. The number of aromatic nitrogens is 2. The van der Waals surface area contributed by atoms with Gasteiger partial charge in [-0.25, -0.2) is 4.39 Å². The molecule has 5 nitrogen and oxygen atoms in total. The van der Waals surface area contributed by atoms with E-state index in [1.807, 2.05) is 20.9 Å². The van der Waals surface area contributed by atoms with Crippen LogP contribution in [0.25, 0.3) is 6.08 Å². The number of hydrogen-bond donors (Lipinski definition) is 0. The zero-order valence-electron chi connectivity index (χ0n) is 14.6. The summed E-state index contributed by atoms with van der Waals surface area (Å²) in [6, 6.07) is 4.67. The van der Waals surface area contributed by atoms with Crippen molar-refractivity contribution in [2.24, 2.45) is 7.05 Å². The summed E-state index contributed by atoms with van der Waals surface area (Å²) in [5.74, 6) is -0.406. The zero-order chi connectivity index (χ0) is 17.9. The predicted octanol–water partition coefficient (Wildman–Crippen LogP) is 2.86. The molecule has 0 aliphatic rings. The van der Waals surface area contributed by atoms with E-state index in [4.69, 9.17) is 4.74 Å². The molecule has 0 spiro atoms. The number of likely N-dealkylation sites (N-methyl/N-ethyl adjacent to an activating group) is 1. The third-order valence-electron chi connectivity index (χ3n) is 3.97. The molecule has 1 amide bonds. The quantitative estimate of drug-likeness (QED) is 0.792. The number of hydrogen-bond acceptors (Lipinski definition) is 3. The number of benzene rings is 1. The van der Waals surface area contributed by atoms with Crippen LogP contribution in [-0.4, -0.2) is 34.7 Å².